The molecule has 0 fully saturated rings. The van der Waals surface area contributed by atoms with Crippen LogP contribution in [0.4, 0.5) is 11.4 Å². The van der Waals surface area contributed by atoms with E-state index in [9.17, 15) is 30.1 Å². The van der Waals surface area contributed by atoms with Crippen LogP contribution in [0.2, 0.25) is 0 Å². The third-order valence-corrected chi connectivity index (χ3v) is 3.49. The second kappa shape index (κ2) is 8.44. The van der Waals surface area contributed by atoms with Crippen LogP contribution in [-0.4, -0.2) is 41.3 Å². The number of phenolic OH excluding ortho intramolecular Hbond substituents is 1. The van der Waals surface area contributed by atoms with Crippen molar-refractivity contribution in [3.8, 4) is 17.2 Å². The van der Waals surface area contributed by atoms with E-state index in [2.05, 4.69) is 10.5 Å². The number of rotatable bonds is 7. The predicted molar refractivity (Wildman–Crippen MR) is 96.0 cm³/mol. The second-order valence-electron chi connectivity index (χ2n) is 5.22. The van der Waals surface area contributed by atoms with Crippen LogP contribution >= 0.6 is 0 Å². The van der Waals surface area contributed by atoms with Crippen molar-refractivity contribution in [2.75, 3.05) is 14.2 Å². The zero-order chi connectivity index (χ0) is 20.8. The maximum absolute atomic E-state index is 12.2. The van der Waals surface area contributed by atoms with Gasteiger partial charge in [0.1, 0.15) is 11.5 Å². The highest BCUT2D eigenvalue weighted by Gasteiger charge is 2.23. The molecule has 2 aromatic carbocycles. The molecule has 28 heavy (non-hydrogen) atoms. The Kier molecular flexibility index (Phi) is 6.06. The first-order valence-electron chi connectivity index (χ1n) is 7.49. The van der Waals surface area contributed by atoms with E-state index in [1.807, 2.05) is 0 Å². The number of hydrogen-bond acceptors (Lipinski definition) is 9. The number of nitrogens with zero attached hydrogens (tertiary/aromatic N) is 3. The zero-order valence-electron chi connectivity index (χ0n) is 14.6. The molecule has 0 aliphatic rings. The van der Waals surface area contributed by atoms with Crippen molar-refractivity contribution in [1.82, 2.24) is 5.43 Å². The number of amides is 1. The Labute approximate surface area is 157 Å². The number of aromatic hydroxyl groups is 1. The van der Waals surface area contributed by atoms with E-state index in [1.54, 1.807) is 6.07 Å². The summed E-state index contributed by atoms with van der Waals surface area (Å²) in [5.41, 5.74) is 0.492. The minimum atomic E-state index is -0.971. The van der Waals surface area contributed by atoms with Crippen LogP contribution in [0.15, 0.2) is 35.4 Å². The summed E-state index contributed by atoms with van der Waals surface area (Å²) in [6.45, 7) is 0. The fraction of sp³-hybridized carbons (Fsp3) is 0.125. The average molecular weight is 390 g/mol. The topological polar surface area (TPSA) is 166 Å². The van der Waals surface area contributed by atoms with E-state index in [4.69, 9.17) is 9.47 Å². The molecule has 0 aliphatic carbocycles. The Bertz CT molecular complexity index is 951. The molecule has 0 unspecified atom stereocenters. The van der Waals surface area contributed by atoms with Gasteiger partial charge in [-0.15, -0.1) is 0 Å². The summed E-state index contributed by atoms with van der Waals surface area (Å²) in [4.78, 5) is 32.2. The Morgan fingerprint density at radius 3 is 2.18 bits per heavy atom. The van der Waals surface area contributed by atoms with Gasteiger partial charge in [0.25, 0.3) is 11.6 Å². The van der Waals surface area contributed by atoms with Gasteiger partial charge in [0.2, 0.25) is 5.75 Å². The lowest BCUT2D eigenvalue weighted by Crippen LogP contribution is -2.17. The molecule has 0 saturated heterocycles. The summed E-state index contributed by atoms with van der Waals surface area (Å²) in [6, 6.07) is 5.90. The molecule has 2 rings (SSSR count). The van der Waals surface area contributed by atoms with Crippen molar-refractivity contribution >= 4 is 23.5 Å². The van der Waals surface area contributed by atoms with Gasteiger partial charge in [-0.3, -0.25) is 25.0 Å². The van der Waals surface area contributed by atoms with Crippen LogP contribution < -0.4 is 14.9 Å². The van der Waals surface area contributed by atoms with E-state index in [1.165, 1.54) is 26.4 Å². The highest BCUT2D eigenvalue weighted by atomic mass is 16.6. The minimum Gasteiger partial charge on any atom is -0.502 e. The van der Waals surface area contributed by atoms with Crippen LogP contribution in [0.5, 0.6) is 17.2 Å². The van der Waals surface area contributed by atoms with Gasteiger partial charge in [-0.05, 0) is 12.1 Å². The fourth-order valence-corrected chi connectivity index (χ4v) is 2.13. The third-order valence-electron chi connectivity index (χ3n) is 3.49. The lowest BCUT2D eigenvalue weighted by Gasteiger charge is -2.07. The van der Waals surface area contributed by atoms with Crippen molar-refractivity contribution in [2.24, 2.45) is 5.10 Å². The molecular weight excluding hydrogens is 376 g/mol. The lowest BCUT2D eigenvalue weighted by atomic mass is 10.1. The number of hydrazone groups is 1. The highest BCUT2D eigenvalue weighted by molar-refractivity contribution is 5.96. The molecule has 12 heteroatoms. The SMILES string of the molecule is COc1cc(OC)cc(C(=O)NN=Cc2cc([N+](=O)[O-])cc([N+](=O)[O-])c2O)c1. The van der Waals surface area contributed by atoms with Gasteiger partial charge in [0.05, 0.1) is 41.9 Å². The smallest absolute Gasteiger partial charge is 0.318 e. The van der Waals surface area contributed by atoms with Gasteiger partial charge in [-0.1, -0.05) is 0 Å². The normalized spacial score (nSPS) is 10.5. The van der Waals surface area contributed by atoms with Crippen LogP contribution in [0, 0.1) is 20.2 Å². The van der Waals surface area contributed by atoms with Gasteiger partial charge in [0.15, 0.2) is 0 Å². The molecule has 146 valence electrons. The molecule has 0 saturated carbocycles. The molecular formula is C16H14N4O8. The summed E-state index contributed by atoms with van der Waals surface area (Å²) < 4.78 is 10.1. The first-order valence-corrected chi connectivity index (χ1v) is 7.49. The number of hydrogen-bond donors (Lipinski definition) is 2. The summed E-state index contributed by atoms with van der Waals surface area (Å²) >= 11 is 0. The Hall–Kier alpha value is -4.22. The third kappa shape index (κ3) is 4.49. The number of carbonyl (C=O) groups excluding carboxylic acids is 1. The molecule has 2 aromatic rings. The summed E-state index contributed by atoms with van der Waals surface area (Å²) in [7, 11) is 2.82. The molecule has 0 aromatic heterocycles. The minimum absolute atomic E-state index is 0.141. The van der Waals surface area contributed by atoms with Gasteiger partial charge in [-0.25, -0.2) is 5.43 Å². The number of nitrogens with one attached hydrogen (secondary N) is 1. The molecule has 0 heterocycles. The number of nitro groups is 2. The molecule has 0 bridgehead atoms. The van der Waals surface area contributed by atoms with Crippen molar-refractivity contribution < 1.29 is 29.2 Å². The molecule has 12 nitrogen and oxygen atoms in total. The first-order chi connectivity index (χ1) is 13.3. The number of ether oxygens (including phenoxy) is 2. The number of phenols is 1. The molecule has 1 amide bonds. The summed E-state index contributed by atoms with van der Waals surface area (Å²) in [5.74, 6) is -0.773. The Morgan fingerprint density at radius 2 is 1.68 bits per heavy atom. The number of nitro benzene ring substituents is 2. The predicted octanol–water partition coefficient (Wildman–Crippen LogP) is 1.99. The Balaban J connectivity index is 2.28. The van der Waals surface area contributed by atoms with Gasteiger partial charge in [0, 0.05) is 17.7 Å². The molecule has 0 aliphatic heterocycles. The summed E-state index contributed by atoms with van der Waals surface area (Å²) in [6.07, 6.45) is 0.852. The standard InChI is InChI=1S/C16H14N4O8/c1-27-12-4-9(5-13(7-12)28-2)16(22)18-17-8-10-3-11(19(23)24)6-14(15(10)21)20(25)26/h3-8,21H,1-2H3,(H,18,22). The maximum atomic E-state index is 12.2. The Morgan fingerprint density at radius 1 is 1.07 bits per heavy atom. The maximum Gasteiger partial charge on any atom is 0.318 e. The van der Waals surface area contributed by atoms with Crippen LogP contribution in [-0.2, 0) is 0 Å². The van der Waals surface area contributed by atoms with Crippen molar-refractivity contribution in [1.29, 1.82) is 0 Å². The molecule has 0 radical (unpaired) electrons. The van der Waals surface area contributed by atoms with E-state index in [-0.39, 0.29) is 11.1 Å². The highest BCUT2D eigenvalue weighted by Crippen LogP contribution is 2.33. The monoisotopic (exact) mass is 390 g/mol. The number of carbonyl (C=O) groups is 1. The number of methoxy groups -OCH3 is 2. The van der Waals surface area contributed by atoms with E-state index >= 15 is 0 Å². The van der Waals surface area contributed by atoms with Gasteiger partial charge >= 0.3 is 5.69 Å². The van der Waals surface area contributed by atoms with Crippen LogP contribution in [0.3, 0.4) is 0 Å². The molecule has 0 atom stereocenters. The van der Waals surface area contributed by atoms with Crippen LogP contribution in [0.1, 0.15) is 15.9 Å². The molecule has 0 spiro atoms. The van der Waals surface area contributed by atoms with Crippen LogP contribution in [0.25, 0.3) is 0 Å². The van der Waals surface area contributed by atoms with E-state index < -0.39 is 32.9 Å². The first kappa shape index (κ1) is 20.1. The largest absolute Gasteiger partial charge is 0.502 e. The van der Waals surface area contributed by atoms with Gasteiger partial charge < -0.3 is 14.6 Å². The fourth-order valence-electron chi connectivity index (χ4n) is 2.13. The van der Waals surface area contributed by atoms with Crippen molar-refractivity contribution in [3.05, 3.63) is 61.7 Å². The number of non-ortho nitro benzene ring substituents is 1. The van der Waals surface area contributed by atoms with E-state index in [0.717, 1.165) is 12.3 Å². The molecule has 2 N–H and O–H groups in total. The van der Waals surface area contributed by atoms with Crippen molar-refractivity contribution in [2.45, 2.75) is 0 Å². The second-order valence-corrected chi connectivity index (χ2v) is 5.22. The summed E-state index contributed by atoms with van der Waals surface area (Å²) in [5, 5.41) is 35.3. The zero-order valence-corrected chi connectivity index (χ0v) is 14.6. The van der Waals surface area contributed by atoms with Crippen molar-refractivity contribution in [3.63, 3.8) is 0 Å². The van der Waals surface area contributed by atoms with E-state index in [0.29, 0.717) is 17.6 Å². The average Bonchev–Trinajstić information content (AvgIpc) is 2.68. The lowest BCUT2D eigenvalue weighted by molar-refractivity contribution is -0.394. The number of benzene rings is 2. The van der Waals surface area contributed by atoms with Gasteiger partial charge in [-0.2, -0.15) is 5.10 Å². The quantitative estimate of drug-likeness (QED) is 0.411.